The van der Waals surface area contributed by atoms with Crippen molar-refractivity contribution in [2.24, 2.45) is 7.05 Å². The summed E-state index contributed by atoms with van der Waals surface area (Å²) in [5.74, 6) is 1.98. The van der Waals surface area contributed by atoms with Crippen molar-refractivity contribution in [2.75, 3.05) is 19.5 Å². The molecule has 1 aromatic heterocycles. The van der Waals surface area contributed by atoms with E-state index in [9.17, 15) is 0 Å². The largest absolute Gasteiger partial charge is 0.493 e. The molecule has 0 radical (unpaired) electrons. The molecule has 2 N–H and O–H groups in total. The van der Waals surface area contributed by atoms with Crippen molar-refractivity contribution in [3.63, 3.8) is 0 Å². The van der Waals surface area contributed by atoms with Crippen LogP contribution in [0, 0.1) is 0 Å². The van der Waals surface area contributed by atoms with Gasteiger partial charge in [0.1, 0.15) is 5.82 Å². The van der Waals surface area contributed by atoms with E-state index in [-0.39, 0.29) is 0 Å². The zero-order valence-corrected chi connectivity index (χ0v) is 11.5. The molecule has 5 nitrogen and oxygen atoms in total. The molecule has 100 valence electrons. The van der Waals surface area contributed by atoms with Gasteiger partial charge in [-0.15, -0.1) is 0 Å². The number of nitrogens with two attached hydrogens (primary N) is 1. The molecule has 6 heteroatoms. The van der Waals surface area contributed by atoms with Crippen molar-refractivity contribution in [2.45, 2.75) is 6.42 Å². The molecular weight excluding hydrogens is 266 g/mol. The summed E-state index contributed by atoms with van der Waals surface area (Å²) in [5.41, 5.74) is 8.61. The first-order valence-electron chi connectivity index (χ1n) is 5.93. The fourth-order valence-corrected chi connectivity index (χ4v) is 2.65. The van der Waals surface area contributed by atoms with E-state index < -0.39 is 0 Å². The molecule has 0 aliphatic carbocycles. The highest BCUT2D eigenvalue weighted by molar-refractivity contribution is 6.34. The number of nitrogens with zero attached hydrogens (tertiary/aromatic N) is 2. The molecule has 2 aromatic rings. The van der Waals surface area contributed by atoms with E-state index in [1.807, 2.05) is 6.07 Å². The van der Waals surface area contributed by atoms with Gasteiger partial charge in [0.25, 0.3) is 0 Å². The first-order chi connectivity index (χ1) is 9.13. The van der Waals surface area contributed by atoms with Crippen LogP contribution >= 0.6 is 11.6 Å². The summed E-state index contributed by atoms with van der Waals surface area (Å²) in [7, 11) is 3.40. The predicted octanol–water partition coefficient (Wildman–Crippen LogP) is 2.27. The third-order valence-electron chi connectivity index (χ3n) is 3.37. The van der Waals surface area contributed by atoms with E-state index >= 15 is 0 Å². The molecule has 0 saturated heterocycles. The molecule has 1 aliphatic heterocycles. The van der Waals surface area contributed by atoms with Crippen molar-refractivity contribution in [3.8, 4) is 22.6 Å². The van der Waals surface area contributed by atoms with Crippen LogP contribution in [0.15, 0.2) is 12.3 Å². The normalized spacial score (nSPS) is 13.2. The number of aryl methyl sites for hydroxylation is 1. The van der Waals surface area contributed by atoms with Crippen molar-refractivity contribution >= 4 is 17.4 Å². The Morgan fingerprint density at radius 1 is 1.47 bits per heavy atom. The van der Waals surface area contributed by atoms with Crippen LogP contribution in [-0.2, 0) is 13.5 Å². The van der Waals surface area contributed by atoms with Crippen LogP contribution in [-0.4, -0.2) is 23.5 Å². The number of ether oxygens (including phenoxy) is 2. The van der Waals surface area contributed by atoms with E-state index in [2.05, 4.69) is 5.10 Å². The zero-order chi connectivity index (χ0) is 13.6. The second-order valence-corrected chi connectivity index (χ2v) is 4.79. The maximum Gasteiger partial charge on any atom is 0.166 e. The Morgan fingerprint density at radius 2 is 2.26 bits per heavy atom. The Hall–Kier alpha value is -1.88. The maximum absolute atomic E-state index is 6.47. The quantitative estimate of drug-likeness (QED) is 0.916. The average molecular weight is 280 g/mol. The Labute approximate surface area is 115 Å². The van der Waals surface area contributed by atoms with Crippen LogP contribution in [0.3, 0.4) is 0 Å². The van der Waals surface area contributed by atoms with E-state index in [1.54, 1.807) is 25.0 Å². The number of halogens is 1. The first kappa shape index (κ1) is 12.2. The van der Waals surface area contributed by atoms with Gasteiger partial charge in [0.05, 0.1) is 24.9 Å². The Bertz CT molecular complexity index is 652. The summed E-state index contributed by atoms with van der Waals surface area (Å²) in [6.07, 6.45) is 2.48. The Morgan fingerprint density at radius 3 is 2.89 bits per heavy atom. The van der Waals surface area contributed by atoms with Crippen molar-refractivity contribution in [3.05, 3.63) is 22.8 Å². The van der Waals surface area contributed by atoms with Crippen molar-refractivity contribution < 1.29 is 9.47 Å². The van der Waals surface area contributed by atoms with Gasteiger partial charge in [-0.3, -0.25) is 4.68 Å². The standard InChI is InChI=1S/C13H14ClN3O2/c1-17-13(15)9(6-16-17)8-5-10(18-2)12-7(11(8)14)3-4-19-12/h5-6H,3-4,15H2,1-2H3. The fourth-order valence-electron chi connectivity index (χ4n) is 2.31. The number of nitrogen functional groups attached to an aromatic ring is 1. The average Bonchev–Trinajstić information content (AvgIpc) is 3.00. The zero-order valence-electron chi connectivity index (χ0n) is 10.7. The minimum atomic E-state index is 0.572. The lowest BCUT2D eigenvalue weighted by Crippen LogP contribution is -1.99. The summed E-state index contributed by atoms with van der Waals surface area (Å²) in [4.78, 5) is 0. The lowest BCUT2D eigenvalue weighted by atomic mass is 10.0. The van der Waals surface area contributed by atoms with Crippen LogP contribution in [0.2, 0.25) is 5.02 Å². The number of hydrogen-bond donors (Lipinski definition) is 1. The SMILES string of the molecule is COc1cc(-c2cnn(C)c2N)c(Cl)c2c1OCC2. The van der Waals surface area contributed by atoms with Gasteiger partial charge in [0, 0.05) is 30.2 Å². The lowest BCUT2D eigenvalue weighted by Gasteiger charge is -2.12. The third kappa shape index (κ3) is 1.73. The molecule has 0 bridgehead atoms. The Balaban J connectivity index is 2.25. The molecule has 0 unspecified atom stereocenters. The summed E-state index contributed by atoms with van der Waals surface area (Å²) >= 11 is 6.47. The highest BCUT2D eigenvalue weighted by atomic mass is 35.5. The monoisotopic (exact) mass is 279 g/mol. The second kappa shape index (κ2) is 4.35. The van der Waals surface area contributed by atoms with E-state index in [1.165, 1.54) is 0 Å². The van der Waals surface area contributed by atoms with Gasteiger partial charge in [-0.05, 0) is 6.07 Å². The van der Waals surface area contributed by atoms with Gasteiger partial charge in [-0.2, -0.15) is 5.10 Å². The van der Waals surface area contributed by atoms with E-state index in [4.69, 9.17) is 26.8 Å². The van der Waals surface area contributed by atoms with Gasteiger partial charge < -0.3 is 15.2 Å². The molecule has 1 aromatic carbocycles. The Kier molecular flexibility index (Phi) is 2.78. The summed E-state index contributed by atoms with van der Waals surface area (Å²) in [6, 6.07) is 1.85. The van der Waals surface area contributed by atoms with Gasteiger partial charge in [-0.25, -0.2) is 0 Å². The molecule has 0 fully saturated rings. The highest BCUT2D eigenvalue weighted by Crippen LogP contribution is 2.46. The minimum Gasteiger partial charge on any atom is -0.493 e. The molecule has 1 aliphatic rings. The van der Waals surface area contributed by atoms with E-state index in [0.717, 1.165) is 28.9 Å². The minimum absolute atomic E-state index is 0.572. The summed E-state index contributed by atoms with van der Waals surface area (Å²) < 4.78 is 12.5. The molecule has 0 spiro atoms. The molecule has 0 saturated carbocycles. The number of aromatic nitrogens is 2. The van der Waals surface area contributed by atoms with Crippen LogP contribution in [0.5, 0.6) is 11.5 Å². The lowest BCUT2D eigenvalue weighted by molar-refractivity contribution is 0.326. The fraction of sp³-hybridized carbons (Fsp3) is 0.308. The smallest absolute Gasteiger partial charge is 0.166 e. The number of fused-ring (bicyclic) bond motifs is 1. The van der Waals surface area contributed by atoms with Gasteiger partial charge in [-0.1, -0.05) is 11.6 Å². The van der Waals surface area contributed by atoms with Crippen molar-refractivity contribution in [1.82, 2.24) is 9.78 Å². The van der Waals surface area contributed by atoms with E-state index in [0.29, 0.717) is 23.2 Å². The second-order valence-electron chi connectivity index (χ2n) is 4.41. The van der Waals surface area contributed by atoms with Crippen molar-refractivity contribution in [1.29, 1.82) is 0 Å². The first-order valence-corrected chi connectivity index (χ1v) is 6.31. The molecule has 3 rings (SSSR count). The molecule has 19 heavy (non-hydrogen) atoms. The van der Waals surface area contributed by atoms with Gasteiger partial charge >= 0.3 is 0 Å². The third-order valence-corrected chi connectivity index (χ3v) is 3.80. The highest BCUT2D eigenvalue weighted by Gasteiger charge is 2.25. The van der Waals surface area contributed by atoms with Crippen LogP contribution in [0.4, 0.5) is 5.82 Å². The van der Waals surface area contributed by atoms with Crippen LogP contribution < -0.4 is 15.2 Å². The van der Waals surface area contributed by atoms with Gasteiger partial charge in [0.15, 0.2) is 11.5 Å². The van der Waals surface area contributed by atoms with Gasteiger partial charge in [0.2, 0.25) is 0 Å². The molecule has 0 atom stereocenters. The molecule has 2 heterocycles. The van der Waals surface area contributed by atoms with Crippen LogP contribution in [0.1, 0.15) is 5.56 Å². The topological polar surface area (TPSA) is 62.3 Å². The summed E-state index contributed by atoms with van der Waals surface area (Å²) in [6.45, 7) is 0.622. The number of anilines is 1. The maximum atomic E-state index is 6.47. The number of rotatable bonds is 2. The van der Waals surface area contributed by atoms with Crippen LogP contribution in [0.25, 0.3) is 11.1 Å². The molecule has 0 amide bonds. The number of hydrogen-bond acceptors (Lipinski definition) is 4. The number of benzene rings is 1. The summed E-state index contributed by atoms with van der Waals surface area (Å²) in [5, 5.41) is 4.80. The molecular formula is C13H14ClN3O2. The number of methoxy groups -OCH3 is 1. The predicted molar refractivity (Wildman–Crippen MR) is 73.8 cm³/mol.